The highest BCUT2D eigenvalue weighted by Crippen LogP contribution is 2.14. The number of terminal acetylenes is 1. The van der Waals surface area contributed by atoms with Crippen LogP contribution >= 0.6 is 11.8 Å². The van der Waals surface area contributed by atoms with Gasteiger partial charge < -0.3 is 10.3 Å². The maximum Gasteiger partial charge on any atom is 0.180 e. The maximum absolute atomic E-state index is 12.9. The van der Waals surface area contributed by atoms with Crippen molar-refractivity contribution in [3.05, 3.63) is 53.6 Å². The molecule has 2 N–H and O–H groups in total. The van der Waals surface area contributed by atoms with Crippen LogP contribution in [0.5, 0.6) is 0 Å². The van der Waals surface area contributed by atoms with E-state index < -0.39 is 5.92 Å². The largest absolute Gasteiger partial charge is 0.362 e. The Hall–Kier alpha value is -2.85. The summed E-state index contributed by atoms with van der Waals surface area (Å²) in [5.74, 6) is 2.78. The van der Waals surface area contributed by atoms with Crippen LogP contribution in [-0.2, 0) is 10.5 Å². The molecular weight excluding hydrogens is 372 g/mol. The van der Waals surface area contributed by atoms with E-state index in [-0.39, 0.29) is 18.1 Å². The first-order chi connectivity index (χ1) is 13.5. The van der Waals surface area contributed by atoms with E-state index in [0.29, 0.717) is 17.9 Å². The van der Waals surface area contributed by atoms with Gasteiger partial charge in [-0.2, -0.15) is 11.8 Å². The Morgan fingerprint density at radius 2 is 2.11 bits per heavy atom. The van der Waals surface area contributed by atoms with Gasteiger partial charge in [-0.25, -0.2) is 4.98 Å². The number of aryl methyl sites for hydroxylation is 1. The standard InChI is InChI=1S/C21H24N4O2S/c1-4-10-22-21(23-11-12-28-13-18-15(2)24-14-25-18)19(16(3)26)20(27)17-8-6-5-7-9-17/h1,5-9,14,19H,10-13H2,2-3H3,(H,22,23)(H,24,25). The first kappa shape index (κ1) is 21.5. The molecule has 0 aliphatic carbocycles. The molecule has 0 fully saturated rings. The number of aromatic nitrogens is 2. The number of carbonyl (C=O) groups is 2. The Labute approximate surface area is 169 Å². The lowest BCUT2D eigenvalue weighted by molar-refractivity contribution is -0.117. The second-order valence-corrected chi connectivity index (χ2v) is 7.23. The monoisotopic (exact) mass is 396 g/mol. The van der Waals surface area contributed by atoms with E-state index in [0.717, 1.165) is 22.9 Å². The number of imidazole rings is 1. The number of rotatable bonds is 10. The van der Waals surface area contributed by atoms with E-state index in [1.807, 2.05) is 13.0 Å². The second-order valence-electron chi connectivity index (χ2n) is 6.13. The number of hydrogen-bond acceptors (Lipinski definition) is 5. The number of nitrogens with zero attached hydrogens (tertiary/aromatic N) is 2. The van der Waals surface area contributed by atoms with Crippen molar-refractivity contribution in [2.75, 3.05) is 18.8 Å². The number of aliphatic imine (C=N–C) groups is 1. The SMILES string of the molecule is C#CCNC(=NCCSCc1nc[nH]c1C)C(C(C)=O)C(=O)c1ccccc1. The van der Waals surface area contributed by atoms with E-state index in [9.17, 15) is 9.59 Å². The van der Waals surface area contributed by atoms with Crippen molar-refractivity contribution in [2.45, 2.75) is 19.6 Å². The average Bonchev–Trinajstić information content (AvgIpc) is 3.10. The molecule has 1 unspecified atom stereocenters. The van der Waals surface area contributed by atoms with E-state index in [4.69, 9.17) is 6.42 Å². The summed E-state index contributed by atoms with van der Waals surface area (Å²) in [7, 11) is 0. The van der Waals surface area contributed by atoms with Gasteiger partial charge in [0.15, 0.2) is 5.78 Å². The smallest absolute Gasteiger partial charge is 0.180 e. The van der Waals surface area contributed by atoms with Gasteiger partial charge in [-0.1, -0.05) is 36.3 Å². The average molecular weight is 397 g/mol. The number of thioether (sulfide) groups is 1. The summed E-state index contributed by atoms with van der Waals surface area (Å²) in [4.78, 5) is 36.9. The third-order valence-corrected chi connectivity index (χ3v) is 5.01. The molecule has 2 rings (SSSR count). The normalized spacial score (nSPS) is 12.2. The van der Waals surface area contributed by atoms with Crippen molar-refractivity contribution in [1.29, 1.82) is 0 Å². The molecule has 0 aliphatic heterocycles. The zero-order valence-corrected chi connectivity index (χ0v) is 16.9. The summed E-state index contributed by atoms with van der Waals surface area (Å²) in [6.45, 7) is 4.04. The van der Waals surface area contributed by atoms with Gasteiger partial charge in [0, 0.05) is 22.8 Å². The molecule has 146 valence electrons. The van der Waals surface area contributed by atoms with E-state index in [2.05, 4.69) is 26.2 Å². The number of aromatic amines is 1. The Morgan fingerprint density at radius 1 is 1.36 bits per heavy atom. The number of nitrogens with one attached hydrogen (secondary N) is 2. The lowest BCUT2D eigenvalue weighted by atomic mass is 9.93. The molecule has 1 aromatic heterocycles. The van der Waals surface area contributed by atoms with Crippen molar-refractivity contribution >= 4 is 29.2 Å². The summed E-state index contributed by atoms with van der Waals surface area (Å²) in [5, 5.41) is 2.96. The Bertz CT molecular complexity index is 868. The quantitative estimate of drug-likeness (QED) is 0.161. The number of hydrogen-bond donors (Lipinski definition) is 2. The molecule has 0 amide bonds. The zero-order chi connectivity index (χ0) is 20.4. The first-order valence-electron chi connectivity index (χ1n) is 8.92. The fourth-order valence-electron chi connectivity index (χ4n) is 2.59. The molecule has 6 nitrogen and oxygen atoms in total. The van der Waals surface area contributed by atoms with E-state index in [1.165, 1.54) is 6.92 Å². The molecule has 0 bridgehead atoms. The van der Waals surface area contributed by atoms with Gasteiger partial charge in [-0.05, 0) is 13.8 Å². The molecule has 0 saturated carbocycles. The lowest BCUT2D eigenvalue weighted by Crippen LogP contribution is -2.40. The third-order valence-electron chi connectivity index (χ3n) is 4.06. The number of carbonyl (C=O) groups excluding carboxylic acids is 2. The van der Waals surface area contributed by atoms with Crippen LogP contribution < -0.4 is 5.32 Å². The summed E-state index contributed by atoms with van der Waals surface area (Å²) in [6.07, 6.45) is 7.01. The molecule has 0 saturated heterocycles. The summed E-state index contributed by atoms with van der Waals surface area (Å²) < 4.78 is 0. The predicted octanol–water partition coefficient (Wildman–Crippen LogP) is 2.66. The van der Waals surface area contributed by atoms with Crippen LogP contribution in [0.4, 0.5) is 0 Å². The van der Waals surface area contributed by atoms with E-state index >= 15 is 0 Å². The highest BCUT2D eigenvalue weighted by Gasteiger charge is 2.29. The number of Topliss-reactive ketones (excluding diaryl/α,β-unsaturated/α-hetero) is 2. The minimum Gasteiger partial charge on any atom is -0.362 e. The number of amidine groups is 1. The van der Waals surface area contributed by atoms with Gasteiger partial charge in [0.1, 0.15) is 17.5 Å². The van der Waals surface area contributed by atoms with Gasteiger partial charge in [0.05, 0.1) is 25.1 Å². The Kier molecular flexibility index (Phi) is 8.50. The van der Waals surface area contributed by atoms with Crippen LogP contribution in [0, 0.1) is 25.2 Å². The van der Waals surface area contributed by atoms with Crippen LogP contribution in [0.15, 0.2) is 41.7 Å². The minimum atomic E-state index is -0.977. The molecule has 1 heterocycles. The highest BCUT2D eigenvalue weighted by atomic mass is 32.2. The van der Waals surface area contributed by atoms with Crippen LogP contribution in [0.1, 0.15) is 28.7 Å². The van der Waals surface area contributed by atoms with Crippen LogP contribution in [0.2, 0.25) is 0 Å². The highest BCUT2D eigenvalue weighted by molar-refractivity contribution is 7.98. The van der Waals surface area contributed by atoms with Gasteiger partial charge >= 0.3 is 0 Å². The van der Waals surface area contributed by atoms with Crippen molar-refractivity contribution in [1.82, 2.24) is 15.3 Å². The Balaban J connectivity index is 2.06. The van der Waals surface area contributed by atoms with Crippen molar-refractivity contribution < 1.29 is 9.59 Å². The summed E-state index contributed by atoms with van der Waals surface area (Å²) >= 11 is 1.69. The number of benzene rings is 1. The van der Waals surface area contributed by atoms with Crippen molar-refractivity contribution in [3.63, 3.8) is 0 Å². The second kappa shape index (κ2) is 11.1. The first-order valence-corrected chi connectivity index (χ1v) is 10.1. The van der Waals surface area contributed by atoms with Gasteiger partial charge in [0.2, 0.25) is 0 Å². The third kappa shape index (κ3) is 6.10. The van der Waals surface area contributed by atoms with Gasteiger partial charge in [-0.3, -0.25) is 14.6 Å². The molecule has 2 aromatic rings. The molecule has 0 spiro atoms. The minimum absolute atomic E-state index is 0.199. The van der Waals surface area contributed by atoms with Gasteiger partial charge in [-0.15, -0.1) is 6.42 Å². The molecule has 1 aromatic carbocycles. The topological polar surface area (TPSA) is 87.2 Å². The zero-order valence-electron chi connectivity index (χ0n) is 16.1. The molecule has 7 heteroatoms. The Morgan fingerprint density at radius 3 is 2.71 bits per heavy atom. The van der Waals surface area contributed by atoms with Crippen LogP contribution in [-0.4, -0.2) is 46.2 Å². The summed E-state index contributed by atoms with van der Waals surface area (Å²) in [5.41, 5.74) is 2.54. The molecular formula is C21H24N4O2S. The van der Waals surface area contributed by atoms with Crippen molar-refractivity contribution in [3.8, 4) is 12.3 Å². The summed E-state index contributed by atoms with van der Waals surface area (Å²) in [6, 6.07) is 8.75. The van der Waals surface area contributed by atoms with Gasteiger partial charge in [0.25, 0.3) is 0 Å². The van der Waals surface area contributed by atoms with Crippen LogP contribution in [0.25, 0.3) is 0 Å². The molecule has 28 heavy (non-hydrogen) atoms. The number of H-pyrrole nitrogens is 1. The fourth-order valence-corrected chi connectivity index (χ4v) is 3.44. The fraction of sp³-hybridized carbons (Fsp3) is 0.333. The van der Waals surface area contributed by atoms with E-state index in [1.54, 1.807) is 42.4 Å². The van der Waals surface area contributed by atoms with Crippen molar-refractivity contribution in [2.24, 2.45) is 10.9 Å². The molecule has 0 radical (unpaired) electrons. The lowest BCUT2D eigenvalue weighted by Gasteiger charge is -2.17. The molecule has 1 atom stereocenters. The number of ketones is 2. The molecule has 0 aliphatic rings. The maximum atomic E-state index is 12.9. The predicted molar refractivity (Wildman–Crippen MR) is 114 cm³/mol. The van der Waals surface area contributed by atoms with Crippen LogP contribution in [0.3, 0.4) is 0 Å².